The Morgan fingerprint density at radius 1 is 0.582 bits per heavy atom. The van der Waals surface area contributed by atoms with Gasteiger partial charge in [0, 0.05) is 48.5 Å². The molecule has 4 heterocycles. The highest BCUT2D eigenvalue weighted by Crippen LogP contribution is 2.27. The van der Waals surface area contributed by atoms with Crippen molar-refractivity contribution in [2.75, 3.05) is 29.2 Å². The fourth-order valence-electron chi connectivity index (χ4n) is 6.00. The molecule has 0 aliphatic heterocycles. The van der Waals surface area contributed by atoms with Gasteiger partial charge >= 0.3 is 0 Å². The Labute approximate surface area is 315 Å². The van der Waals surface area contributed by atoms with Crippen molar-refractivity contribution in [1.29, 1.82) is 0 Å². The summed E-state index contributed by atoms with van der Waals surface area (Å²) < 4.78 is 36.4. The Kier molecular flexibility index (Phi) is 10.2. The van der Waals surface area contributed by atoms with E-state index in [-0.39, 0.29) is 11.6 Å². The third kappa shape index (κ3) is 7.95. The maximum absolute atomic E-state index is 13.8. The van der Waals surface area contributed by atoms with Crippen LogP contribution in [0.4, 0.5) is 43.7 Å². The number of hydrogen-bond donors (Lipinski definition) is 4. The number of benzene rings is 4. The molecule has 4 aromatic carbocycles. The first kappa shape index (κ1) is 36.2. The Morgan fingerprint density at radius 3 is 1.44 bits per heavy atom. The highest BCUT2D eigenvalue weighted by molar-refractivity contribution is 5.79. The highest BCUT2D eigenvalue weighted by atomic mass is 19.1. The topological polar surface area (TPSA) is 173 Å². The van der Waals surface area contributed by atoms with E-state index in [0.29, 0.717) is 70.1 Å². The number of rotatable bonds is 9. The molecular formula is C40H38F2N12O. The second kappa shape index (κ2) is 15.4. The van der Waals surface area contributed by atoms with E-state index >= 15 is 0 Å². The number of hydrogen-bond acceptors (Lipinski definition) is 11. The van der Waals surface area contributed by atoms with E-state index in [2.05, 4.69) is 40.5 Å². The molecule has 0 atom stereocenters. The monoisotopic (exact) mass is 740 g/mol. The molecule has 15 heteroatoms. The first-order valence-electron chi connectivity index (χ1n) is 17.5. The Bertz CT molecular complexity index is 2620. The molecule has 0 saturated carbocycles. The summed E-state index contributed by atoms with van der Waals surface area (Å²) in [7, 11) is 1.61. The molecule has 0 unspecified atom stereocenters. The van der Waals surface area contributed by atoms with Gasteiger partial charge in [0.15, 0.2) is 0 Å². The van der Waals surface area contributed by atoms with Crippen molar-refractivity contribution in [3.05, 3.63) is 126 Å². The SMILES string of the molecule is CCc1nc2ccc(F)cc2n1-c1cc(N)nc(Nc2ccc(C)cc2)n1.CCc1nc2ccc(F)cc2n1-c1cc(N)nc(Nc2ccc(OC)cc2)n1. The molecule has 55 heavy (non-hydrogen) atoms. The van der Waals surface area contributed by atoms with Crippen LogP contribution in [-0.4, -0.2) is 46.1 Å². The first-order valence-corrected chi connectivity index (χ1v) is 17.5. The van der Waals surface area contributed by atoms with Gasteiger partial charge < -0.3 is 26.8 Å². The normalized spacial score (nSPS) is 11.0. The lowest BCUT2D eigenvalue weighted by Gasteiger charge is -2.11. The van der Waals surface area contributed by atoms with E-state index in [4.69, 9.17) is 16.2 Å². The zero-order chi connectivity index (χ0) is 38.6. The van der Waals surface area contributed by atoms with Gasteiger partial charge in [0.25, 0.3) is 0 Å². The van der Waals surface area contributed by atoms with Crippen molar-refractivity contribution >= 4 is 57.0 Å². The molecule has 6 N–H and O–H groups in total. The molecule has 0 amide bonds. The van der Waals surface area contributed by atoms with E-state index < -0.39 is 0 Å². The Morgan fingerprint density at radius 2 is 1.02 bits per heavy atom. The molecule has 0 aliphatic carbocycles. The number of nitrogen functional groups attached to an aromatic ring is 2. The van der Waals surface area contributed by atoms with E-state index in [1.807, 2.05) is 73.9 Å². The van der Waals surface area contributed by atoms with Gasteiger partial charge in [-0.25, -0.2) is 18.7 Å². The first-order chi connectivity index (χ1) is 26.6. The van der Waals surface area contributed by atoms with Crippen LogP contribution in [0.3, 0.4) is 0 Å². The van der Waals surface area contributed by atoms with Crippen molar-refractivity contribution in [2.24, 2.45) is 0 Å². The zero-order valence-electron chi connectivity index (χ0n) is 30.5. The number of imidazole rings is 2. The third-order valence-corrected chi connectivity index (χ3v) is 8.58. The van der Waals surface area contributed by atoms with E-state index in [0.717, 1.165) is 34.3 Å². The summed E-state index contributed by atoms with van der Waals surface area (Å²) >= 11 is 0. The van der Waals surface area contributed by atoms with Crippen LogP contribution in [0.15, 0.2) is 97.1 Å². The van der Waals surface area contributed by atoms with Crippen molar-refractivity contribution in [2.45, 2.75) is 33.6 Å². The number of anilines is 6. The molecule has 0 spiro atoms. The minimum absolute atomic E-state index is 0.293. The molecule has 0 radical (unpaired) electrons. The van der Waals surface area contributed by atoms with Crippen molar-refractivity contribution in [3.63, 3.8) is 0 Å². The molecule has 0 saturated heterocycles. The lowest BCUT2D eigenvalue weighted by Crippen LogP contribution is -2.08. The number of aromatic nitrogens is 8. The maximum atomic E-state index is 13.8. The number of nitrogens with one attached hydrogen (secondary N) is 2. The minimum atomic E-state index is -0.338. The Hall–Kier alpha value is -7.16. The van der Waals surface area contributed by atoms with E-state index in [1.54, 1.807) is 35.9 Å². The molecule has 278 valence electrons. The smallest absolute Gasteiger partial charge is 0.231 e. The maximum Gasteiger partial charge on any atom is 0.231 e. The van der Waals surface area contributed by atoms with Crippen LogP contribution in [0, 0.1) is 18.6 Å². The predicted molar refractivity (Wildman–Crippen MR) is 212 cm³/mol. The summed E-state index contributed by atoms with van der Waals surface area (Å²) in [6.45, 7) is 5.99. The number of nitrogens with zero attached hydrogens (tertiary/aromatic N) is 8. The molecule has 13 nitrogen and oxygen atoms in total. The summed E-state index contributed by atoms with van der Waals surface area (Å²) in [5.41, 5.74) is 17.5. The van der Waals surface area contributed by atoms with Gasteiger partial charge in [-0.1, -0.05) is 31.5 Å². The number of methoxy groups -OCH3 is 1. The molecule has 8 aromatic rings. The molecule has 0 bridgehead atoms. The standard InChI is InChI=1S/C20H19FN6O.C20H19FN6/c1-3-18-24-15-9-4-12(21)10-16(15)27(18)19-11-17(22)25-20(26-19)23-13-5-7-14(28-2)8-6-13;1-3-18-24-15-9-6-13(21)10-16(15)27(18)19-11-17(22)25-20(26-19)23-14-7-4-12(2)5-8-14/h4-11H,3H2,1-2H3,(H3,22,23,25,26);4-11H,3H2,1-2H3,(H3,22,23,25,26). The van der Waals surface area contributed by atoms with Crippen LogP contribution in [0.5, 0.6) is 5.75 Å². The van der Waals surface area contributed by atoms with Crippen LogP contribution in [0.2, 0.25) is 0 Å². The van der Waals surface area contributed by atoms with Crippen molar-refractivity contribution in [3.8, 4) is 17.4 Å². The Balaban J connectivity index is 0.000000169. The number of nitrogens with two attached hydrogens (primary N) is 2. The molecular weight excluding hydrogens is 703 g/mol. The largest absolute Gasteiger partial charge is 0.497 e. The van der Waals surface area contributed by atoms with Gasteiger partial charge in [-0.05, 0) is 67.6 Å². The second-order valence-electron chi connectivity index (χ2n) is 12.5. The molecule has 4 aromatic heterocycles. The summed E-state index contributed by atoms with van der Waals surface area (Å²) in [6.07, 6.45) is 1.32. The second-order valence-corrected chi connectivity index (χ2v) is 12.5. The fraction of sp³-hybridized carbons (Fsp3) is 0.150. The number of halogens is 2. The van der Waals surface area contributed by atoms with Crippen LogP contribution < -0.4 is 26.8 Å². The van der Waals surface area contributed by atoms with Gasteiger partial charge in [0.2, 0.25) is 11.9 Å². The summed E-state index contributed by atoms with van der Waals surface area (Å²) in [5, 5.41) is 6.29. The number of aryl methyl sites for hydroxylation is 3. The van der Waals surface area contributed by atoms with Crippen molar-refractivity contribution < 1.29 is 13.5 Å². The van der Waals surface area contributed by atoms with Gasteiger partial charge in [-0.2, -0.15) is 19.9 Å². The lowest BCUT2D eigenvalue weighted by molar-refractivity contribution is 0.415. The van der Waals surface area contributed by atoms with Crippen molar-refractivity contribution in [1.82, 2.24) is 39.0 Å². The molecule has 8 rings (SSSR count). The summed E-state index contributed by atoms with van der Waals surface area (Å²) in [4.78, 5) is 26.8. The van der Waals surface area contributed by atoms with Gasteiger partial charge in [-0.3, -0.25) is 9.13 Å². The third-order valence-electron chi connectivity index (χ3n) is 8.58. The quantitative estimate of drug-likeness (QED) is 0.113. The van der Waals surface area contributed by atoms with Crippen LogP contribution in [0.25, 0.3) is 33.7 Å². The zero-order valence-corrected chi connectivity index (χ0v) is 30.5. The van der Waals surface area contributed by atoms with Gasteiger partial charge in [0.05, 0.1) is 29.2 Å². The van der Waals surface area contributed by atoms with Gasteiger partial charge in [0.1, 0.15) is 52.3 Å². The van der Waals surface area contributed by atoms with E-state index in [1.165, 1.54) is 24.3 Å². The average molecular weight is 741 g/mol. The summed E-state index contributed by atoms with van der Waals surface area (Å²) in [5.74, 6) is 3.99. The van der Waals surface area contributed by atoms with Crippen LogP contribution >= 0.6 is 0 Å². The molecule has 0 fully saturated rings. The number of ether oxygens (including phenoxy) is 1. The van der Waals surface area contributed by atoms with E-state index in [9.17, 15) is 8.78 Å². The van der Waals surface area contributed by atoms with Gasteiger partial charge in [-0.15, -0.1) is 0 Å². The summed E-state index contributed by atoms with van der Waals surface area (Å²) in [6, 6.07) is 27.6. The average Bonchev–Trinajstić information content (AvgIpc) is 3.73. The molecule has 0 aliphatic rings. The van der Waals surface area contributed by atoms with Crippen LogP contribution in [-0.2, 0) is 12.8 Å². The number of fused-ring (bicyclic) bond motifs is 2. The highest BCUT2D eigenvalue weighted by Gasteiger charge is 2.17. The lowest BCUT2D eigenvalue weighted by atomic mass is 10.2. The predicted octanol–water partition coefficient (Wildman–Crippen LogP) is 8.00. The minimum Gasteiger partial charge on any atom is -0.497 e. The fourth-order valence-corrected chi connectivity index (χ4v) is 6.00. The van der Waals surface area contributed by atoms with Crippen LogP contribution in [0.1, 0.15) is 31.1 Å².